The monoisotopic (exact) mass is 562 g/mol. The largest absolute Gasteiger partial charge is 0.508 e. The Kier molecular flexibility index (Phi) is 6.83. The average Bonchev–Trinajstić information content (AvgIpc) is 2.90. The van der Waals surface area contributed by atoms with Gasteiger partial charge >= 0.3 is 0 Å². The number of rotatable bonds is 6. The topological polar surface area (TPSA) is 177 Å². The molecule has 3 aliphatic rings. The molecule has 3 aliphatic carbocycles. The Hall–Kier alpha value is -4.35. The number of anilines is 2. The van der Waals surface area contributed by atoms with Crippen molar-refractivity contribution in [1.82, 2.24) is 4.90 Å². The molecule has 41 heavy (non-hydrogen) atoms. The first-order chi connectivity index (χ1) is 19.3. The Labute approximate surface area is 237 Å². The summed E-state index contributed by atoms with van der Waals surface area (Å²) in [5.74, 6) is -6.74. The van der Waals surface area contributed by atoms with Crippen molar-refractivity contribution in [3.8, 4) is 5.75 Å². The van der Waals surface area contributed by atoms with Gasteiger partial charge in [-0.1, -0.05) is 30.3 Å². The highest BCUT2D eigenvalue weighted by Gasteiger charge is 2.64. The van der Waals surface area contributed by atoms with E-state index in [9.17, 15) is 34.8 Å². The molecule has 216 valence electrons. The van der Waals surface area contributed by atoms with Gasteiger partial charge in [0.2, 0.25) is 5.78 Å². The summed E-state index contributed by atoms with van der Waals surface area (Å²) in [5, 5.41) is 48.9. The SMILES string of the molecule is CN(C)c1cc(NCc2ccccc2)c(O)c2c1CC1CC3C(N(C)C)C(=O)C(C(N)=O)=C(O)C3(O)C(=O)C1=C2O. The third kappa shape index (κ3) is 4.15. The van der Waals surface area contributed by atoms with Gasteiger partial charge in [-0.2, -0.15) is 0 Å². The summed E-state index contributed by atoms with van der Waals surface area (Å²) in [6.07, 6.45) is 0.252. The molecule has 1 fully saturated rings. The van der Waals surface area contributed by atoms with E-state index in [-0.39, 0.29) is 29.7 Å². The molecule has 0 aromatic heterocycles. The molecule has 0 radical (unpaired) electrons. The van der Waals surface area contributed by atoms with Crippen molar-refractivity contribution in [2.45, 2.75) is 31.0 Å². The Balaban J connectivity index is 1.68. The van der Waals surface area contributed by atoms with E-state index in [2.05, 4.69) is 5.32 Å². The van der Waals surface area contributed by atoms with Gasteiger partial charge in [-0.3, -0.25) is 19.3 Å². The molecule has 0 heterocycles. The van der Waals surface area contributed by atoms with E-state index in [1.807, 2.05) is 49.3 Å². The minimum Gasteiger partial charge on any atom is -0.508 e. The van der Waals surface area contributed by atoms with Gasteiger partial charge in [0, 0.05) is 37.8 Å². The molecule has 4 unspecified atom stereocenters. The van der Waals surface area contributed by atoms with E-state index in [1.54, 1.807) is 20.2 Å². The predicted octanol–water partition coefficient (Wildman–Crippen LogP) is 1.64. The van der Waals surface area contributed by atoms with E-state index >= 15 is 0 Å². The zero-order valence-corrected chi connectivity index (χ0v) is 23.3. The second-order valence-corrected chi connectivity index (χ2v) is 11.3. The zero-order valence-electron chi connectivity index (χ0n) is 23.3. The van der Waals surface area contributed by atoms with Crippen LogP contribution in [0.25, 0.3) is 5.76 Å². The molecule has 2 aromatic carbocycles. The number of amides is 1. The van der Waals surface area contributed by atoms with Gasteiger partial charge in [-0.25, -0.2) is 0 Å². The van der Waals surface area contributed by atoms with Crippen molar-refractivity contribution < 1.29 is 34.8 Å². The lowest BCUT2D eigenvalue weighted by Gasteiger charge is -2.50. The Morgan fingerprint density at radius 3 is 2.34 bits per heavy atom. The van der Waals surface area contributed by atoms with Crippen LogP contribution in [0.2, 0.25) is 0 Å². The standard InChI is InChI=1S/C30H34N4O7/c1-33(2)19-12-18(32-13-14-8-6-5-7-9-14)24(35)21-16(19)10-15-11-17-23(34(3)4)26(37)22(29(31)40)28(39)30(17,41)27(38)20(15)25(21)36/h5-9,12,15,17,23,32,35-36,39,41H,10-11,13H2,1-4H3,(H2,31,40). The summed E-state index contributed by atoms with van der Waals surface area (Å²) in [6.45, 7) is 0.384. The Bertz CT molecular complexity index is 1530. The number of ketones is 2. The number of nitrogens with two attached hydrogens (primary N) is 1. The first kappa shape index (κ1) is 28.2. The molecule has 0 saturated heterocycles. The number of aliphatic hydroxyl groups is 3. The van der Waals surface area contributed by atoms with Crippen LogP contribution < -0.4 is 16.0 Å². The number of carbonyl (C=O) groups excluding carboxylic acids is 3. The van der Waals surface area contributed by atoms with Gasteiger partial charge in [-0.15, -0.1) is 0 Å². The first-order valence-electron chi connectivity index (χ1n) is 13.3. The molecular formula is C30H34N4O7. The molecule has 7 N–H and O–H groups in total. The van der Waals surface area contributed by atoms with Crippen molar-refractivity contribution in [3.05, 3.63) is 70.0 Å². The average molecular weight is 563 g/mol. The fraction of sp³-hybridized carbons (Fsp3) is 0.367. The van der Waals surface area contributed by atoms with Crippen LogP contribution >= 0.6 is 0 Å². The van der Waals surface area contributed by atoms with E-state index < -0.39 is 58.0 Å². The van der Waals surface area contributed by atoms with Crippen LogP contribution in [0.15, 0.2) is 53.3 Å². The molecule has 1 saturated carbocycles. The number of hydrogen-bond acceptors (Lipinski definition) is 10. The highest BCUT2D eigenvalue weighted by atomic mass is 16.3. The molecule has 1 amide bonds. The first-order valence-corrected chi connectivity index (χ1v) is 13.3. The molecule has 5 rings (SSSR count). The third-order valence-electron chi connectivity index (χ3n) is 8.50. The van der Waals surface area contributed by atoms with Gasteiger partial charge in [0.25, 0.3) is 5.91 Å². The molecule has 0 aliphatic heterocycles. The summed E-state index contributed by atoms with van der Waals surface area (Å²) in [5.41, 5.74) is 4.33. The van der Waals surface area contributed by atoms with Gasteiger partial charge in [0.05, 0.1) is 17.3 Å². The normalized spacial score (nSPS) is 25.6. The summed E-state index contributed by atoms with van der Waals surface area (Å²) in [6, 6.07) is 10.2. The molecular weight excluding hydrogens is 528 g/mol. The zero-order chi connectivity index (χ0) is 30.0. The van der Waals surface area contributed by atoms with Crippen molar-refractivity contribution in [2.75, 3.05) is 38.4 Å². The second kappa shape index (κ2) is 9.93. The number of phenolic OH excluding ortho intramolecular Hbond substituents is 1. The van der Waals surface area contributed by atoms with Gasteiger partial charge in [0.1, 0.15) is 22.8 Å². The summed E-state index contributed by atoms with van der Waals surface area (Å²) in [7, 11) is 6.79. The molecule has 11 nitrogen and oxygen atoms in total. The number of nitrogens with zero attached hydrogens (tertiary/aromatic N) is 2. The molecule has 0 spiro atoms. The van der Waals surface area contributed by atoms with Gasteiger partial charge in [0.15, 0.2) is 11.4 Å². The van der Waals surface area contributed by atoms with Crippen molar-refractivity contribution in [3.63, 3.8) is 0 Å². The number of Topliss-reactive ketones (excluding diaryl/α,β-unsaturated/α-hetero) is 2. The maximum Gasteiger partial charge on any atom is 0.255 e. The number of hydrogen-bond donors (Lipinski definition) is 6. The van der Waals surface area contributed by atoms with Crippen LogP contribution in [0.4, 0.5) is 11.4 Å². The number of likely N-dealkylation sites (N-methyl/N-ethyl adjacent to an activating group) is 1. The van der Waals surface area contributed by atoms with Crippen LogP contribution in [-0.2, 0) is 27.3 Å². The molecule has 0 bridgehead atoms. The van der Waals surface area contributed by atoms with Gasteiger partial charge < -0.3 is 36.4 Å². The lowest BCUT2D eigenvalue weighted by atomic mass is 9.57. The predicted molar refractivity (Wildman–Crippen MR) is 152 cm³/mol. The van der Waals surface area contributed by atoms with E-state index in [1.165, 1.54) is 4.90 Å². The second-order valence-electron chi connectivity index (χ2n) is 11.3. The fourth-order valence-corrected chi connectivity index (χ4v) is 6.62. The van der Waals surface area contributed by atoms with E-state index in [4.69, 9.17) is 5.73 Å². The number of fused-ring (bicyclic) bond motifs is 3. The van der Waals surface area contributed by atoms with Gasteiger partial charge in [-0.05, 0) is 50.0 Å². The summed E-state index contributed by atoms with van der Waals surface area (Å²) in [4.78, 5) is 42.8. The minimum absolute atomic E-state index is 0.0351. The lowest BCUT2D eigenvalue weighted by molar-refractivity contribution is -0.153. The van der Waals surface area contributed by atoms with Crippen LogP contribution in [0.1, 0.15) is 23.1 Å². The van der Waals surface area contributed by atoms with Crippen molar-refractivity contribution in [2.24, 2.45) is 17.6 Å². The number of aromatic hydroxyl groups is 1. The number of aliphatic hydroxyl groups excluding tert-OH is 2. The molecule has 2 aromatic rings. The van der Waals surface area contributed by atoms with Crippen LogP contribution in [0, 0.1) is 11.8 Å². The van der Waals surface area contributed by atoms with E-state index in [0.29, 0.717) is 23.5 Å². The molecule has 11 heteroatoms. The maximum absolute atomic E-state index is 14.1. The van der Waals surface area contributed by atoms with Crippen LogP contribution in [0.3, 0.4) is 0 Å². The number of phenols is 1. The van der Waals surface area contributed by atoms with Crippen molar-refractivity contribution >= 4 is 34.6 Å². The maximum atomic E-state index is 14.1. The highest BCUT2D eigenvalue weighted by Crippen LogP contribution is 2.54. The number of carbonyl (C=O) groups is 3. The van der Waals surface area contributed by atoms with Crippen LogP contribution in [0.5, 0.6) is 5.75 Å². The quantitative estimate of drug-likeness (QED) is 0.224. The smallest absolute Gasteiger partial charge is 0.255 e. The number of primary amides is 1. The number of benzene rings is 2. The Morgan fingerprint density at radius 1 is 1.10 bits per heavy atom. The minimum atomic E-state index is -2.67. The van der Waals surface area contributed by atoms with Crippen molar-refractivity contribution in [1.29, 1.82) is 0 Å². The molecule has 4 atom stereocenters. The summed E-state index contributed by atoms with van der Waals surface area (Å²) < 4.78 is 0. The van der Waals surface area contributed by atoms with Crippen LogP contribution in [-0.4, -0.2) is 82.6 Å². The highest BCUT2D eigenvalue weighted by molar-refractivity contribution is 6.24. The Morgan fingerprint density at radius 2 is 1.76 bits per heavy atom. The third-order valence-corrected chi connectivity index (χ3v) is 8.50. The lowest BCUT2D eigenvalue weighted by Crippen LogP contribution is -2.65. The summed E-state index contributed by atoms with van der Waals surface area (Å²) >= 11 is 0. The fourth-order valence-electron chi connectivity index (χ4n) is 6.62. The van der Waals surface area contributed by atoms with E-state index in [0.717, 1.165) is 5.56 Å². The number of nitrogens with one attached hydrogen (secondary N) is 1.